The highest BCUT2D eigenvalue weighted by Gasteiger charge is 2.52. The minimum Gasteiger partial charge on any atom is -0.451 e. The third-order valence-corrected chi connectivity index (χ3v) is 5.14. The minimum absolute atomic E-state index is 0.00857. The van der Waals surface area contributed by atoms with Crippen molar-refractivity contribution in [1.82, 2.24) is 0 Å². The van der Waals surface area contributed by atoms with Crippen molar-refractivity contribution in [1.29, 1.82) is 0 Å². The summed E-state index contributed by atoms with van der Waals surface area (Å²) in [7, 11) is 0. The van der Waals surface area contributed by atoms with Crippen LogP contribution in [0.15, 0.2) is 11.1 Å². The first-order valence-electron chi connectivity index (χ1n) is 9.25. The molecule has 5 N–H and O–H groups in total. The number of hydrogen-bond acceptors (Lipinski definition) is 7. The maximum Gasteiger partial charge on any atom is 0.337 e. The Morgan fingerprint density at radius 2 is 1.48 bits per heavy atom. The molecule has 7 nitrogen and oxygen atoms in total. The SMILES string of the molecule is CCCCCCCCC[C@H](O)[C@H]1OC(=O)C2=C1[C@@H](O)[C@H](O)[C@@H](O)[C@@H]2O. The second-order valence-corrected chi connectivity index (χ2v) is 7.04. The number of carbonyl (C=O) groups is 1. The summed E-state index contributed by atoms with van der Waals surface area (Å²) in [5, 5.41) is 50.0. The van der Waals surface area contributed by atoms with Gasteiger partial charge in [-0.05, 0) is 6.42 Å². The Hall–Kier alpha value is -0.990. The van der Waals surface area contributed by atoms with E-state index in [2.05, 4.69) is 6.92 Å². The van der Waals surface area contributed by atoms with E-state index in [-0.39, 0.29) is 11.1 Å². The van der Waals surface area contributed by atoms with Gasteiger partial charge in [-0.1, -0.05) is 51.9 Å². The van der Waals surface area contributed by atoms with Crippen LogP contribution in [-0.2, 0) is 9.53 Å². The smallest absolute Gasteiger partial charge is 0.337 e. The average Bonchev–Trinajstić information content (AvgIpc) is 2.94. The van der Waals surface area contributed by atoms with E-state index < -0.39 is 42.6 Å². The van der Waals surface area contributed by atoms with Crippen molar-refractivity contribution in [2.75, 3.05) is 0 Å². The van der Waals surface area contributed by atoms with Crippen molar-refractivity contribution < 1.29 is 35.1 Å². The van der Waals surface area contributed by atoms with Gasteiger partial charge in [0.2, 0.25) is 0 Å². The first-order chi connectivity index (χ1) is 11.9. The Balaban J connectivity index is 1.91. The lowest BCUT2D eigenvalue weighted by molar-refractivity contribution is -0.145. The molecule has 0 amide bonds. The van der Waals surface area contributed by atoms with E-state index in [1.807, 2.05) is 0 Å². The first-order valence-corrected chi connectivity index (χ1v) is 9.25. The van der Waals surface area contributed by atoms with Crippen LogP contribution in [0.2, 0.25) is 0 Å². The van der Waals surface area contributed by atoms with Gasteiger partial charge in [0.15, 0.2) is 6.10 Å². The fourth-order valence-electron chi connectivity index (χ4n) is 3.61. The lowest BCUT2D eigenvalue weighted by atomic mass is 9.81. The van der Waals surface area contributed by atoms with Gasteiger partial charge in [0.1, 0.15) is 24.4 Å². The lowest BCUT2D eigenvalue weighted by Gasteiger charge is -2.34. The van der Waals surface area contributed by atoms with Crippen LogP contribution in [0.5, 0.6) is 0 Å². The lowest BCUT2D eigenvalue weighted by Crippen LogP contribution is -2.52. The molecule has 0 fully saturated rings. The van der Waals surface area contributed by atoms with Crippen LogP contribution in [0.25, 0.3) is 0 Å². The van der Waals surface area contributed by atoms with Crippen LogP contribution in [0.1, 0.15) is 58.3 Å². The largest absolute Gasteiger partial charge is 0.451 e. The fourth-order valence-corrected chi connectivity index (χ4v) is 3.61. The van der Waals surface area contributed by atoms with Gasteiger partial charge < -0.3 is 30.3 Å². The Kier molecular flexibility index (Phi) is 7.39. The summed E-state index contributed by atoms with van der Waals surface area (Å²) >= 11 is 0. The van der Waals surface area contributed by atoms with E-state index in [4.69, 9.17) is 4.74 Å². The van der Waals surface area contributed by atoms with E-state index in [0.29, 0.717) is 6.42 Å². The van der Waals surface area contributed by atoms with Gasteiger partial charge in [0, 0.05) is 5.57 Å². The molecule has 1 aliphatic carbocycles. The molecule has 6 atom stereocenters. The molecule has 2 aliphatic rings. The van der Waals surface area contributed by atoms with Crippen molar-refractivity contribution in [2.24, 2.45) is 0 Å². The molecule has 0 saturated heterocycles. The molecule has 0 spiro atoms. The topological polar surface area (TPSA) is 127 Å². The maximum atomic E-state index is 12.0. The zero-order chi connectivity index (χ0) is 18.6. The summed E-state index contributed by atoms with van der Waals surface area (Å²) in [6.45, 7) is 2.16. The average molecular weight is 358 g/mol. The van der Waals surface area contributed by atoms with Crippen LogP contribution in [0.4, 0.5) is 0 Å². The molecule has 1 aliphatic heterocycles. The molecule has 144 valence electrons. The predicted octanol–water partition coefficient (Wildman–Crippen LogP) is 0.167. The van der Waals surface area contributed by atoms with Gasteiger partial charge in [-0.3, -0.25) is 0 Å². The molecule has 0 unspecified atom stereocenters. The predicted molar refractivity (Wildman–Crippen MR) is 89.6 cm³/mol. The number of unbranched alkanes of at least 4 members (excludes halogenated alkanes) is 6. The van der Waals surface area contributed by atoms with Crippen molar-refractivity contribution in [3.8, 4) is 0 Å². The molecular formula is C18H30O7. The Morgan fingerprint density at radius 3 is 2.12 bits per heavy atom. The van der Waals surface area contributed by atoms with Crippen LogP contribution in [-0.4, -0.2) is 68.1 Å². The normalized spacial score (nSPS) is 33.4. The highest BCUT2D eigenvalue weighted by molar-refractivity contribution is 5.94. The molecule has 25 heavy (non-hydrogen) atoms. The van der Waals surface area contributed by atoms with Gasteiger partial charge in [-0.2, -0.15) is 0 Å². The number of ether oxygens (including phenoxy) is 1. The number of aliphatic hydroxyl groups excluding tert-OH is 5. The summed E-state index contributed by atoms with van der Waals surface area (Å²) in [5.74, 6) is -0.865. The van der Waals surface area contributed by atoms with Crippen molar-refractivity contribution >= 4 is 5.97 Å². The minimum atomic E-state index is -1.67. The van der Waals surface area contributed by atoms with Crippen molar-refractivity contribution in [3.63, 3.8) is 0 Å². The number of aliphatic hydroxyl groups is 5. The number of cyclic esters (lactones) is 1. The molecule has 0 aromatic rings. The summed E-state index contributed by atoms with van der Waals surface area (Å²) in [4.78, 5) is 12.0. The second kappa shape index (κ2) is 9.09. The monoisotopic (exact) mass is 358 g/mol. The Bertz CT molecular complexity index is 490. The zero-order valence-corrected chi connectivity index (χ0v) is 14.7. The van der Waals surface area contributed by atoms with E-state index in [1.54, 1.807) is 0 Å². The molecule has 0 aromatic heterocycles. The van der Waals surface area contributed by atoms with E-state index in [0.717, 1.165) is 25.7 Å². The van der Waals surface area contributed by atoms with Gasteiger partial charge in [-0.25, -0.2) is 4.79 Å². The molecule has 1 heterocycles. The quantitative estimate of drug-likeness (QED) is 0.294. The molecule has 2 rings (SSSR count). The van der Waals surface area contributed by atoms with Crippen LogP contribution < -0.4 is 0 Å². The van der Waals surface area contributed by atoms with Crippen LogP contribution in [0.3, 0.4) is 0 Å². The Labute approximate surface area is 147 Å². The zero-order valence-electron chi connectivity index (χ0n) is 14.7. The van der Waals surface area contributed by atoms with E-state index in [1.165, 1.54) is 19.3 Å². The van der Waals surface area contributed by atoms with Gasteiger partial charge in [0.25, 0.3) is 0 Å². The van der Waals surface area contributed by atoms with Crippen LogP contribution >= 0.6 is 0 Å². The third-order valence-electron chi connectivity index (χ3n) is 5.14. The standard InChI is InChI=1S/C18H30O7/c1-2-3-4-5-6-7-8-9-10(19)17-11-12(18(24)25-17)14(21)16(23)15(22)13(11)20/h10,13-17,19-23H,2-9H2,1H3/t10-,13+,14+,15-,16-,17+/m0/s1. The highest BCUT2D eigenvalue weighted by atomic mass is 16.6. The summed E-state index contributed by atoms with van der Waals surface area (Å²) in [6, 6.07) is 0. The highest BCUT2D eigenvalue weighted by Crippen LogP contribution is 2.37. The molecular weight excluding hydrogens is 328 g/mol. The number of esters is 1. The molecule has 7 heteroatoms. The summed E-state index contributed by atoms with van der Waals surface area (Å²) in [5.41, 5.74) is -0.250. The Morgan fingerprint density at radius 1 is 0.920 bits per heavy atom. The molecule has 0 aromatic carbocycles. The van der Waals surface area contributed by atoms with Gasteiger partial charge in [-0.15, -0.1) is 0 Å². The summed E-state index contributed by atoms with van der Waals surface area (Å²) in [6.07, 6.45) is -0.599. The molecule has 0 saturated carbocycles. The first kappa shape index (κ1) is 20.3. The van der Waals surface area contributed by atoms with Gasteiger partial charge in [0.05, 0.1) is 11.7 Å². The summed E-state index contributed by atoms with van der Waals surface area (Å²) < 4.78 is 5.11. The van der Waals surface area contributed by atoms with E-state index in [9.17, 15) is 30.3 Å². The fraction of sp³-hybridized carbons (Fsp3) is 0.833. The molecule has 0 radical (unpaired) electrons. The van der Waals surface area contributed by atoms with Crippen molar-refractivity contribution in [2.45, 2.75) is 94.9 Å². The molecule has 0 bridgehead atoms. The van der Waals surface area contributed by atoms with Gasteiger partial charge >= 0.3 is 5.97 Å². The number of rotatable bonds is 9. The number of carbonyl (C=O) groups excluding carboxylic acids is 1. The third kappa shape index (κ3) is 4.41. The van der Waals surface area contributed by atoms with Crippen molar-refractivity contribution in [3.05, 3.63) is 11.1 Å². The van der Waals surface area contributed by atoms with Crippen LogP contribution in [0, 0.1) is 0 Å². The second-order valence-electron chi connectivity index (χ2n) is 7.04. The van der Waals surface area contributed by atoms with E-state index >= 15 is 0 Å². The number of hydrogen-bond donors (Lipinski definition) is 5. The maximum absolute atomic E-state index is 12.0.